The maximum absolute atomic E-state index is 13.0. The number of rotatable bonds is 4. The van der Waals surface area contributed by atoms with E-state index in [4.69, 9.17) is 11.6 Å². The van der Waals surface area contributed by atoms with Gasteiger partial charge in [0.25, 0.3) is 5.91 Å². The van der Waals surface area contributed by atoms with Gasteiger partial charge in [0, 0.05) is 32.7 Å². The van der Waals surface area contributed by atoms with Crippen LogP contribution in [0.3, 0.4) is 0 Å². The molecule has 1 aliphatic heterocycles. The van der Waals surface area contributed by atoms with E-state index < -0.39 is 5.82 Å². The molecule has 1 aliphatic rings. The van der Waals surface area contributed by atoms with Crippen molar-refractivity contribution in [3.63, 3.8) is 0 Å². The molecule has 1 fully saturated rings. The average molecular weight is 313 g/mol. The first-order valence-electron chi connectivity index (χ1n) is 7.48. The Kier molecular flexibility index (Phi) is 5.59. The SMILES string of the molecule is CC[C@H](C)CN1CCN(C(=O)c2ccc(F)cc2Cl)CC1. The molecule has 0 aliphatic carbocycles. The summed E-state index contributed by atoms with van der Waals surface area (Å²) < 4.78 is 13.0. The summed E-state index contributed by atoms with van der Waals surface area (Å²) in [7, 11) is 0. The fourth-order valence-corrected chi connectivity index (χ4v) is 2.78. The second-order valence-corrected chi connectivity index (χ2v) is 6.14. The van der Waals surface area contributed by atoms with Crippen LogP contribution in [-0.2, 0) is 0 Å². The van der Waals surface area contributed by atoms with Crippen LogP contribution in [0.25, 0.3) is 0 Å². The van der Waals surface area contributed by atoms with Crippen molar-refractivity contribution in [1.82, 2.24) is 9.80 Å². The van der Waals surface area contributed by atoms with E-state index in [1.165, 1.54) is 24.6 Å². The van der Waals surface area contributed by atoms with E-state index in [0.717, 1.165) is 19.6 Å². The summed E-state index contributed by atoms with van der Waals surface area (Å²) in [5, 5.41) is 0.182. The quantitative estimate of drug-likeness (QED) is 0.852. The Morgan fingerprint density at radius 2 is 2.00 bits per heavy atom. The summed E-state index contributed by atoms with van der Waals surface area (Å²) in [5.41, 5.74) is 0.383. The van der Waals surface area contributed by atoms with Gasteiger partial charge in [-0.3, -0.25) is 9.69 Å². The van der Waals surface area contributed by atoms with Gasteiger partial charge >= 0.3 is 0 Å². The summed E-state index contributed by atoms with van der Waals surface area (Å²) in [5.74, 6) is 0.150. The van der Waals surface area contributed by atoms with Gasteiger partial charge in [-0.1, -0.05) is 31.9 Å². The largest absolute Gasteiger partial charge is 0.336 e. The second-order valence-electron chi connectivity index (χ2n) is 5.73. The van der Waals surface area contributed by atoms with E-state index in [1.807, 2.05) is 0 Å². The smallest absolute Gasteiger partial charge is 0.255 e. The monoisotopic (exact) mass is 312 g/mol. The molecule has 116 valence electrons. The number of carbonyl (C=O) groups excluding carboxylic acids is 1. The van der Waals surface area contributed by atoms with Crippen molar-refractivity contribution >= 4 is 17.5 Å². The van der Waals surface area contributed by atoms with Crippen LogP contribution < -0.4 is 0 Å². The fraction of sp³-hybridized carbons (Fsp3) is 0.562. The van der Waals surface area contributed by atoms with Gasteiger partial charge in [-0.15, -0.1) is 0 Å². The molecule has 1 atom stereocenters. The maximum Gasteiger partial charge on any atom is 0.255 e. The highest BCUT2D eigenvalue weighted by Crippen LogP contribution is 2.20. The topological polar surface area (TPSA) is 23.6 Å². The lowest BCUT2D eigenvalue weighted by atomic mass is 10.1. The van der Waals surface area contributed by atoms with Crippen molar-refractivity contribution in [1.29, 1.82) is 0 Å². The Labute approximate surface area is 130 Å². The molecule has 1 heterocycles. The van der Waals surface area contributed by atoms with E-state index in [1.54, 1.807) is 4.90 Å². The van der Waals surface area contributed by atoms with Gasteiger partial charge in [0.2, 0.25) is 0 Å². The highest BCUT2D eigenvalue weighted by Gasteiger charge is 2.24. The van der Waals surface area contributed by atoms with Gasteiger partial charge in [0.05, 0.1) is 10.6 Å². The molecule has 0 N–H and O–H groups in total. The van der Waals surface area contributed by atoms with Gasteiger partial charge < -0.3 is 4.90 Å². The number of benzene rings is 1. The Hall–Kier alpha value is -1.13. The highest BCUT2D eigenvalue weighted by atomic mass is 35.5. The summed E-state index contributed by atoms with van der Waals surface area (Å²) in [6.45, 7) is 8.68. The molecule has 1 aromatic rings. The van der Waals surface area contributed by atoms with Crippen LogP contribution >= 0.6 is 11.6 Å². The molecule has 0 spiro atoms. The van der Waals surface area contributed by atoms with Crippen molar-refractivity contribution in [3.8, 4) is 0 Å². The molecule has 0 bridgehead atoms. The van der Waals surface area contributed by atoms with Gasteiger partial charge in [0.1, 0.15) is 5.82 Å². The lowest BCUT2D eigenvalue weighted by molar-refractivity contribution is 0.0620. The Morgan fingerprint density at radius 1 is 1.33 bits per heavy atom. The van der Waals surface area contributed by atoms with Crippen molar-refractivity contribution in [3.05, 3.63) is 34.6 Å². The van der Waals surface area contributed by atoms with Crippen LogP contribution in [0.1, 0.15) is 30.6 Å². The third-order valence-corrected chi connectivity index (χ3v) is 4.40. The molecule has 0 radical (unpaired) electrons. The van der Waals surface area contributed by atoms with Crippen LogP contribution in [0.4, 0.5) is 4.39 Å². The third kappa shape index (κ3) is 4.17. The Bertz CT molecular complexity index is 501. The summed E-state index contributed by atoms with van der Waals surface area (Å²) in [6, 6.07) is 3.93. The Morgan fingerprint density at radius 3 is 2.57 bits per heavy atom. The molecule has 3 nitrogen and oxygen atoms in total. The van der Waals surface area contributed by atoms with Gasteiger partial charge in [-0.2, -0.15) is 0 Å². The van der Waals surface area contributed by atoms with E-state index >= 15 is 0 Å². The molecular formula is C16H22ClFN2O. The number of amides is 1. The zero-order valence-corrected chi connectivity index (χ0v) is 13.4. The number of hydrogen-bond donors (Lipinski definition) is 0. The number of piperazine rings is 1. The van der Waals surface area contributed by atoms with Crippen LogP contribution in [0.15, 0.2) is 18.2 Å². The first-order chi connectivity index (χ1) is 10.0. The second kappa shape index (κ2) is 7.23. The van der Waals surface area contributed by atoms with Crippen molar-refractivity contribution in [2.75, 3.05) is 32.7 Å². The number of nitrogens with zero attached hydrogens (tertiary/aromatic N) is 2. The molecule has 21 heavy (non-hydrogen) atoms. The number of hydrogen-bond acceptors (Lipinski definition) is 2. The molecular weight excluding hydrogens is 291 g/mol. The molecule has 1 aromatic carbocycles. The average Bonchev–Trinajstić information content (AvgIpc) is 2.47. The minimum absolute atomic E-state index is 0.108. The molecule has 5 heteroatoms. The predicted molar refractivity (Wildman–Crippen MR) is 83.2 cm³/mol. The summed E-state index contributed by atoms with van der Waals surface area (Å²) in [6.07, 6.45) is 1.17. The van der Waals surface area contributed by atoms with E-state index in [0.29, 0.717) is 24.6 Å². The zero-order valence-electron chi connectivity index (χ0n) is 12.6. The fourth-order valence-electron chi connectivity index (χ4n) is 2.54. The Balaban J connectivity index is 1.94. The number of halogens is 2. The predicted octanol–water partition coefficient (Wildman–Crippen LogP) is 3.28. The zero-order chi connectivity index (χ0) is 15.4. The van der Waals surface area contributed by atoms with Gasteiger partial charge in [0.15, 0.2) is 0 Å². The highest BCUT2D eigenvalue weighted by molar-refractivity contribution is 6.33. The van der Waals surface area contributed by atoms with E-state index in [-0.39, 0.29) is 10.9 Å². The molecule has 0 saturated carbocycles. The van der Waals surface area contributed by atoms with E-state index in [9.17, 15) is 9.18 Å². The first kappa shape index (κ1) is 16.2. The lowest BCUT2D eigenvalue weighted by Crippen LogP contribution is -2.49. The third-order valence-electron chi connectivity index (χ3n) is 4.09. The number of carbonyl (C=O) groups is 1. The minimum Gasteiger partial charge on any atom is -0.336 e. The molecule has 1 amide bonds. The van der Waals surface area contributed by atoms with Crippen LogP contribution in [0.5, 0.6) is 0 Å². The maximum atomic E-state index is 13.0. The summed E-state index contributed by atoms with van der Waals surface area (Å²) >= 11 is 5.96. The minimum atomic E-state index is -0.421. The molecule has 0 unspecified atom stereocenters. The van der Waals surface area contributed by atoms with Crippen molar-refractivity contribution in [2.45, 2.75) is 20.3 Å². The van der Waals surface area contributed by atoms with Crippen LogP contribution in [0, 0.1) is 11.7 Å². The molecule has 1 saturated heterocycles. The van der Waals surface area contributed by atoms with Crippen LogP contribution in [-0.4, -0.2) is 48.4 Å². The summed E-state index contributed by atoms with van der Waals surface area (Å²) in [4.78, 5) is 16.6. The van der Waals surface area contributed by atoms with Crippen LogP contribution in [0.2, 0.25) is 5.02 Å². The normalized spacial score (nSPS) is 17.8. The lowest BCUT2D eigenvalue weighted by Gasteiger charge is -2.36. The molecule has 0 aromatic heterocycles. The molecule has 2 rings (SSSR count). The first-order valence-corrected chi connectivity index (χ1v) is 7.85. The van der Waals surface area contributed by atoms with Gasteiger partial charge in [-0.05, 0) is 24.1 Å². The van der Waals surface area contributed by atoms with Crippen molar-refractivity contribution in [2.24, 2.45) is 5.92 Å². The van der Waals surface area contributed by atoms with Gasteiger partial charge in [-0.25, -0.2) is 4.39 Å². The standard InChI is InChI=1S/C16H22ClFN2O/c1-3-12(2)11-19-6-8-20(9-7-19)16(21)14-5-4-13(18)10-15(14)17/h4-5,10,12H,3,6-9,11H2,1-2H3/t12-/m0/s1. The van der Waals surface area contributed by atoms with Crippen molar-refractivity contribution < 1.29 is 9.18 Å². The van der Waals surface area contributed by atoms with E-state index in [2.05, 4.69) is 18.7 Å².